The summed E-state index contributed by atoms with van der Waals surface area (Å²) < 4.78 is 13.2. The fourth-order valence-electron chi connectivity index (χ4n) is 2.16. The number of aromatic nitrogens is 2. The molecule has 0 saturated heterocycles. The first-order valence-electron chi connectivity index (χ1n) is 6.44. The Morgan fingerprint density at radius 1 is 1.05 bits per heavy atom. The molecule has 0 fully saturated rings. The summed E-state index contributed by atoms with van der Waals surface area (Å²) in [6, 6.07) is 14.4. The van der Waals surface area contributed by atoms with Crippen LogP contribution in [0.2, 0.25) is 0 Å². The van der Waals surface area contributed by atoms with E-state index in [1.807, 2.05) is 37.3 Å². The van der Waals surface area contributed by atoms with Crippen LogP contribution in [-0.4, -0.2) is 9.97 Å². The highest BCUT2D eigenvalue weighted by molar-refractivity contribution is 5.88. The molecule has 3 nitrogen and oxygen atoms in total. The summed E-state index contributed by atoms with van der Waals surface area (Å²) in [6.45, 7) is 2.39. The number of para-hydroxylation sites is 1. The van der Waals surface area contributed by atoms with E-state index in [2.05, 4.69) is 15.3 Å². The summed E-state index contributed by atoms with van der Waals surface area (Å²) in [5, 5.41) is 4.22. The number of nitrogens with zero attached hydrogens (tertiary/aromatic N) is 2. The summed E-state index contributed by atoms with van der Waals surface area (Å²) in [5.74, 6) is 1.26. The lowest BCUT2D eigenvalue weighted by molar-refractivity contribution is 0.626. The number of benzene rings is 2. The first-order valence-corrected chi connectivity index (χ1v) is 6.44. The number of anilines is 1. The fourth-order valence-corrected chi connectivity index (χ4v) is 2.16. The highest BCUT2D eigenvalue weighted by Gasteiger charge is 2.05. The number of halogens is 1. The predicted molar refractivity (Wildman–Crippen MR) is 78.0 cm³/mol. The molecular weight excluding hydrogens is 253 g/mol. The van der Waals surface area contributed by atoms with Crippen molar-refractivity contribution in [3.05, 3.63) is 65.7 Å². The lowest BCUT2D eigenvalue weighted by Crippen LogP contribution is -2.04. The first kappa shape index (κ1) is 12.5. The SMILES string of the molecule is Cc1nc(NCc2cccc(F)c2)c2ccccc2n1. The zero-order chi connectivity index (χ0) is 13.9. The standard InChI is InChI=1S/C16H14FN3/c1-11-19-15-8-3-2-7-14(15)16(20-11)18-10-12-5-4-6-13(17)9-12/h2-9H,10H2,1H3,(H,18,19,20). The molecule has 1 aromatic heterocycles. The maximum Gasteiger partial charge on any atom is 0.137 e. The Bertz CT molecular complexity index is 756. The van der Waals surface area contributed by atoms with Crippen molar-refractivity contribution in [2.45, 2.75) is 13.5 Å². The molecule has 4 heteroatoms. The van der Waals surface area contributed by atoms with Crippen molar-refractivity contribution in [1.82, 2.24) is 9.97 Å². The first-order chi connectivity index (χ1) is 9.72. The van der Waals surface area contributed by atoms with Crippen molar-refractivity contribution in [2.24, 2.45) is 0 Å². The van der Waals surface area contributed by atoms with Gasteiger partial charge in [-0.25, -0.2) is 14.4 Å². The normalized spacial score (nSPS) is 10.7. The molecule has 2 aromatic carbocycles. The molecule has 0 radical (unpaired) electrons. The zero-order valence-electron chi connectivity index (χ0n) is 11.1. The summed E-state index contributed by atoms with van der Waals surface area (Å²) in [5.41, 5.74) is 1.78. The van der Waals surface area contributed by atoms with E-state index in [0.717, 1.165) is 22.3 Å². The van der Waals surface area contributed by atoms with Crippen LogP contribution in [0.3, 0.4) is 0 Å². The Morgan fingerprint density at radius 2 is 1.90 bits per heavy atom. The van der Waals surface area contributed by atoms with Crippen molar-refractivity contribution < 1.29 is 4.39 Å². The third-order valence-corrected chi connectivity index (χ3v) is 3.06. The third-order valence-electron chi connectivity index (χ3n) is 3.06. The Kier molecular flexibility index (Phi) is 3.29. The van der Waals surface area contributed by atoms with Crippen LogP contribution in [0.25, 0.3) is 10.9 Å². The van der Waals surface area contributed by atoms with Crippen LogP contribution in [0.1, 0.15) is 11.4 Å². The number of hydrogen-bond donors (Lipinski definition) is 1. The second-order valence-electron chi connectivity index (χ2n) is 4.62. The molecule has 0 saturated carbocycles. The van der Waals surface area contributed by atoms with Gasteiger partial charge in [-0.15, -0.1) is 0 Å². The third kappa shape index (κ3) is 2.59. The summed E-state index contributed by atoms with van der Waals surface area (Å²) in [7, 11) is 0. The van der Waals surface area contributed by atoms with Crippen LogP contribution >= 0.6 is 0 Å². The van der Waals surface area contributed by atoms with Crippen molar-refractivity contribution in [2.75, 3.05) is 5.32 Å². The highest BCUT2D eigenvalue weighted by atomic mass is 19.1. The van der Waals surface area contributed by atoms with Crippen LogP contribution in [0.5, 0.6) is 0 Å². The number of rotatable bonds is 3. The van der Waals surface area contributed by atoms with E-state index in [-0.39, 0.29) is 5.82 Å². The van der Waals surface area contributed by atoms with Crippen molar-refractivity contribution >= 4 is 16.7 Å². The van der Waals surface area contributed by atoms with E-state index in [1.54, 1.807) is 6.07 Å². The maximum absolute atomic E-state index is 13.2. The van der Waals surface area contributed by atoms with Crippen molar-refractivity contribution in [3.63, 3.8) is 0 Å². The van der Waals surface area contributed by atoms with Gasteiger partial charge in [-0.1, -0.05) is 24.3 Å². The van der Waals surface area contributed by atoms with Crippen LogP contribution < -0.4 is 5.32 Å². The van der Waals surface area contributed by atoms with Crippen LogP contribution in [-0.2, 0) is 6.54 Å². The van der Waals surface area contributed by atoms with Gasteiger partial charge in [0.2, 0.25) is 0 Å². The van der Waals surface area contributed by atoms with Crippen LogP contribution in [0, 0.1) is 12.7 Å². The van der Waals surface area contributed by atoms with Crippen LogP contribution in [0.15, 0.2) is 48.5 Å². The summed E-state index contributed by atoms with van der Waals surface area (Å²) in [6.07, 6.45) is 0. The van der Waals surface area contributed by atoms with Crippen LogP contribution in [0.4, 0.5) is 10.2 Å². The molecule has 1 heterocycles. The Balaban J connectivity index is 1.91. The second kappa shape index (κ2) is 5.25. The second-order valence-corrected chi connectivity index (χ2v) is 4.62. The molecule has 0 aliphatic heterocycles. The molecule has 3 aromatic rings. The van der Waals surface area contributed by atoms with Crippen molar-refractivity contribution in [3.8, 4) is 0 Å². The predicted octanol–water partition coefficient (Wildman–Crippen LogP) is 3.69. The lowest BCUT2D eigenvalue weighted by Gasteiger charge is -2.09. The van der Waals surface area contributed by atoms with E-state index >= 15 is 0 Å². The van der Waals surface area contributed by atoms with Gasteiger partial charge in [0, 0.05) is 11.9 Å². The molecule has 0 spiro atoms. The van der Waals surface area contributed by atoms with Gasteiger partial charge in [-0.3, -0.25) is 0 Å². The Morgan fingerprint density at radius 3 is 2.75 bits per heavy atom. The van der Waals surface area contributed by atoms with Gasteiger partial charge in [-0.05, 0) is 36.8 Å². The lowest BCUT2D eigenvalue weighted by atomic mass is 10.2. The molecular formula is C16H14FN3. The molecule has 0 aliphatic carbocycles. The number of fused-ring (bicyclic) bond motifs is 1. The topological polar surface area (TPSA) is 37.8 Å². The minimum atomic E-state index is -0.229. The van der Waals surface area contributed by atoms with Gasteiger partial charge < -0.3 is 5.32 Å². The smallest absolute Gasteiger partial charge is 0.137 e. The van der Waals surface area contributed by atoms with E-state index in [0.29, 0.717) is 12.4 Å². The van der Waals surface area contributed by atoms with Gasteiger partial charge in [0.15, 0.2) is 0 Å². The largest absolute Gasteiger partial charge is 0.365 e. The van der Waals surface area contributed by atoms with Gasteiger partial charge in [0.05, 0.1) is 5.52 Å². The molecule has 100 valence electrons. The van der Waals surface area contributed by atoms with Gasteiger partial charge in [0.25, 0.3) is 0 Å². The fraction of sp³-hybridized carbons (Fsp3) is 0.125. The van der Waals surface area contributed by atoms with E-state index in [9.17, 15) is 4.39 Å². The zero-order valence-corrected chi connectivity index (χ0v) is 11.1. The van der Waals surface area contributed by atoms with E-state index < -0.39 is 0 Å². The number of hydrogen-bond acceptors (Lipinski definition) is 3. The Labute approximate surface area is 116 Å². The minimum Gasteiger partial charge on any atom is -0.365 e. The summed E-state index contributed by atoms with van der Waals surface area (Å²) in [4.78, 5) is 8.82. The highest BCUT2D eigenvalue weighted by Crippen LogP contribution is 2.20. The molecule has 0 aliphatic rings. The molecule has 0 amide bonds. The van der Waals surface area contributed by atoms with Crippen molar-refractivity contribution in [1.29, 1.82) is 0 Å². The molecule has 0 unspecified atom stereocenters. The quantitative estimate of drug-likeness (QED) is 0.786. The van der Waals surface area contributed by atoms with E-state index in [1.165, 1.54) is 12.1 Å². The summed E-state index contributed by atoms with van der Waals surface area (Å²) >= 11 is 0. The molecule has 0 bridgehead atoms. The Hall–Kier alpha value is -2.49. The average Bonchev–Trinajstić information content (AvgIpc) is 2.44. The van der Waals surface area contributed by atoms with Gasteiger partial charge in [-0.2, -0.15) is 0 Å². The molecule has 1 N–H and O–H groups in total. The average molecular weight is 267 g/mol. The molecule has 3 rings (SSSR count). The number of aryl methyl sites for hydroxylation is 1. The van der Waals surface area contributed by atoms with Gasteiger partial charge >= 0.3 is 0 Å². The molecule has 20 heavy (non-hydrogen) atoms. The van der Waals surface area contributed by atoms with Gasteiger partial charge in [0.1, 0.15) is 17.5 Å². The molecule has 0 atom stereocenters. The maximum atomic E-state index is 13.2. The minimum absolute atomic E-state index is 0.229. The monoisotopic (exact) mass is 267 g/mol. The number of nitrogens with one attached hydrogen (secondary N) is 1. The van der Waals surface area contributed by atoms with E-state index in [4.69, 9.17) is 0 Å².